The second kappa shape index (κ2) is 8.89. The third-order valence-corrected chi connectivity index (χ3v) is 5.81. The zero-order valence-corrected chi connectivity index (χ0v) is 18.1. The van der Waals surface area contributed by atoms with Crippen molar-refractivity contribution >= 4 is 5.91 Å². The number of para-hydroxylation sites is 2. The van der Waals surface area contributed by atoms with Gasteiger partial charge in [-0.1, -0.05) is 19.1 Å². The maximum atomic E-state index is 13.2. The average molecular weight is 423 g/mol. The Hall–Kier alpha value is -3.19. The number of carbonyl (C=O) groups excluding carboxylic acids is 1. The molecule has 6 nitrogen and oxygen atoms in total. The Bertz CT molecular complexity index is 1080. The van der Waals surface area contributed by atoms with E-state index in [1.807, 2.05) is 28.9 Å². The highest BCUT2D eigenvalue weighted by Crippen LogP contribution is 2.30. The number of rotatable bonds is 6. The van der Waals surface area contributed by atoms with Crippen LogP contribution in [0.4, 0.5) is 4.39 Å². The molecule has 0 N–H and O–H groups in total. The van der Waals surface area contributed by atoms with Gasteiger partial charge in [0, 0.05) is 37.7 Å². The van der Waals surface area contributed by atoms with Gasteiger partial charge in [-0.2, -0.15) is 5.10 Å². The van der Waals surface area contributed by atoms with Gasteiger partial charge in [0.1, 0.15) is 17.3 Å². The van der Waals surface area contributed by atoms with Gasteiger partial charge in [0.25, 0.3) is 5.91 Å². The number of fused-ring (bicyclic) bond motifs is 1. The molecule has 0 aliphatic carbocycles. The highest BCUT2D eigenvalue weighted by molar-refractivity contribution is 5.93. The molecule has 0 radical (unpaired) electrons. The molecule has 2 heterocycles. The smallest absolute Gasteiger partial charge is 0.253 e. The van der Waals surface area contributed by atoms with Gasteiger partial charge in [0.05, 0.1) is 25.0 Å². The van der Waals surface area contributed by atoms with Crippen molar-refractivity contribution in [2.24, 2.45) is 0 Å². The van der Waals surface area contributed by atoms with E-state index in [9.17, 15) is 9.18 Å². The van der Waals surface area contributed by atoms with Crippen molar-refractivity contribution in [1.82, 2.24) is 19.6 Å². The Balaban J connectivity index is 1.69. The third-order valence-electron chi connectivity index (χ3n) is 5.81. The van der Waals surface area contributed by atoms with Gasteiger partial charge in [-0.15, -0.1) is 0 Å². The summed E-state index contributed by atoms with van der Waals surface area (Å²) in [5, 5.41) is 4.93. The molecule has 2 aromatic carbocycles. The molecule has 0 saturated carbocycles. The van der Waals surface area contributed by atoms with Crippen molar-refractivity contribution in [3.63, 3.8) is 0 Å². The number of aromatic nitrogens is 2. The van der Waals surface area contributed by atoms with E-state index in [-0.39, 0.29) is 11.7 Å². The molecule has 1 aliphatic heterocycles. The van der Waals surface area contributed by atoms with Gasteiger partial charge in [0.15, 0.2) is 0 Å². The lowest BCUT2D eigenvalue weighted by atomic mass is 10.0. The summed E-state index contributed by atoms with van der Waals surface area (Å²) in [6.07, 6.45) is 0.879. The molecule has 4 rings (SSSR count). The van der Waals surface area contributed by atoms with Crippen molar-refractivity contribution < 1.29 is 13.9 Å². The molecule has 0 saturated heterocycles. The molecule has 0 unspecified atom stereocenters. The summed E-state index contributed by atoms with van der Waals surface area (Å²) in [5.41, 5.74) is 4.55. The summed E-state index contributed by atoms with van der Waals surface area (Å²) in [6, 6.07) is 13.5. The van der Waals surface area contributed by atoms with Crippen LogP contribution >= 0.6 is 0 Å². The molecule has 162 valence electrons. The summed E-state index contributed by atoms with van der Waals surface area (Å²) in [7, 11) is 3.41. The van der Waals surface area contributed by atoms with Crippen LogP contribution in [-0.4, -0.2) is 52.7 Å². The van der Waals surface area contributed by atoms with E-state index in [0.29, 0.717) is 12.1 Å². The van der Waals surface area contributed by atoms with E-state index >= 15 is 0 Å². The number of halogens is 1. The standard InChI is InChI=1S/C24H27FN4O2/c1-4-28-14-13-21-19(15-28)20(26-29(21)22-7-5-6-8-23(22)31-3)16-27(2)24(30)17-9-11-18(25)12-10-17/h5-12H,4,13-16H2,1-3H3. The first-order chi connectivity index (χ1) is 15.0. The summed E-state index contributed by atoms with van der Waals surface area (Å²) < 4.78 is 20.8. The lowest BCUT2D eigenvalue weighted by Gasteiger charge is -2.27. The van der Waals surface area contributed by atoms with E-state index in [4.69, 9.17) is 9.84 Å². The van der Waals surface area contributed by atoms with Gasteiger partial charge in [-0.3, -0.25) is 9.69 Å². The number of likely N-dealkylation sites (N-methyl/N-ethyl adjacent to an activating group) is 1. The van der Waals surface area contributed by atoms with Crippen LogP contribution in [0.5, 0.6) is 5.75 Å². The quantitative estimate of drug-likeness (QED) is 0.608. The third kappa shape index (κ3) is 4.18. The molecule has 1 aromatic heterocycles. The van der Waals surface area contributed by atoms with Crippen LogP contribution in [0.2, 0.25) is 0 Å². The van der Waals surface area contributed by atoms with Gasteiger partial charge in [0.2, 0.25) is 0 Å². The average Bonchev–Trinajstić information content (AvgIpc) is 3.16. The molecule has 0 bridgehead atoms. The van der Waals surface area contributed by atoms with Gasteiger partial charge >= 0.3 is 0 Å². The SMILES string of the molecule is CCN1CCc2c(c(CN(C)C(=O)c3ccc(F)cc3)nn2-c2ccccc2OC)C1. The van der Waals surface area contributed by atoms with Crippen LogP contribution in [0.1, 0.15) is 34.2 Å². The van der Waals surface area contributed by atoms with E-state index in [2.05, 4.69) is 11.8 Å². The highest BCUT2D eigenvalue weighted by atomic mass is 19.1. The van der Waals surface area contributed by atoms with Crippen LogP contribution in [-0.2, 0) is 19.5 Å². The van der Waals surface area contributed by atoms with Crippen LogP contribution < -0.4 is 4.74 Å². The molecule has 0 spiro atoms. The van der Waals surface area contributed by atoms with Crippen molar-refractivity contribution in [3.8, 4) is 11.4 Å². The Kier molecular flexibility index (Phi) is 6.04. The number of benzene rings is 2. The summed E-state index contributed by atoms with van der Waals surface area (Å²) in [6.45, 7) is 5.25. The van der Waals surface area contributed by atoms with E-state index in [0.717, 1.165) is 54.4 Å². The molecule has 1 aliphatic rings. The Morgan fingerprint density at radius 1 is 1.19 bits per heavy atom. The highest BCUT2D eigenvalue weighted by Gasteiger charge is 2.27. The summed E-state index contributed by atoms with van der Waals surface area (Å²) in [5.74, 6) is 0.236. The lowest BCUT2D eigenvalue weighted by molar-refractivity contribution is 0.0782. The zero-order chi connectivity index (χ0) is 22.0. The Labute approximate surface area is 181 Å². The molecular formula is C24H27FN4O2. The van der Waals surface area contributed by atoms with Crippen LogP contribution in [0.25, 0.3) is 5.69 Å². The van der Waals surface area contributed by atoms with E-state index in [1.165, 1.54) is 24.3 Å². The Morgan fingerprint density at radius 3 is 2.65 bits per heavy atom. The van der Waals surface area contributed by atoms with Gasteiger partial charge in [-0.05, 0) is 42.9 Å². The summed E-state index contributed by atoms with van der Waals surface area (Å²) >= 11 is 0. The van der Waals surface area contributed by atoms with Crippen LogP contribution in [0.3, 0.4) is 0 Å². The first-order valence-corrected chi connectivity index (χ1v) is 10.5. The molecule has 31 heavy (non-hydrogen) atoms. The monoisotopic (exact) mass is 422 g/mol. The topological polar surface area (TPSA) is 50.6 Å². The number of carbonyl (C=O) groups is 1. The second-order valence-electron chi connectivity index (χ2n) is 7.74. The zero-order valence-electron chi connectivity index (χ0n) is 18.1. The predicted octanol–water partition coefficient (Wildman–Crippen LogP) is 3.67. The van der Waals surface area contributed by atoms with Gasteiger partial charge in [-0.25, -0.2) is 9.07 Å². The van der Waals surface area contributed by atoms with Crippen LogP contribution in [0, 0.1) is 5.82 Å². The van der Waals surface area contributed by atoms with Crippen molar-refractivity contribution in [3.05, 3.63) is 76.9 Å². The van der Waals surface area contributed by atoms with Crippen molar-refractivity contribution in [2.45, 2.75) is 26.4 Å². The molecule has 1 amide bonds. The minimum Gasteiger partial charge on any atom is -0.494 e. The number of hydrogen-bond acceptors (Lipinski definition) is 4. The largest absolute Gasteiger partial charge is 0.494 e. The maximum Gasteiger partial charge on any atom is 0.253 e. The molecule has 0 fully saturated rings. The predicted molar refractivity (Wildman–Crippen MR) is 117 cm³/mol. The van der Waals surface area contributed by atoms with Crippen LogP contribution in [0.15, 0.2) is 48.5 Å². The lowest BCUT2D eigenvalue weighted by Crippen LogP contribution is -2.32. The molecular weight excluding hydrogens is 395 g/mol. The molecule has 7 heteroatoms. The number of amides is 1. The van der Waals surface area contributed by atoms with E-state index in [1.54, 1.807) is 19.1 Å². The van der Waals surface area contributed by atoms with Crippen molar-refractivity contribution in [1.29, 1.82) is 0 Å². The normalized spacial score (nSPS) is 13.7. The second-order valence-corrected chi connectivity index (χ2v) is 7.74. The minimum atomic E-state index is -0.358. The maximum absolute atomic E-state index is 13.2. The first kappa shape index (κ1) is 21.1. The van der Waals surface area contributed by atoms with E-state index < -0.39 is 0 Å². The number of nitrogens with zero attached hydrogens (tertiary/aromatic N) is 4. The summed E-state index contributed by atoms with van der Waals surface area (Å²) in [4.78, 5) is 16.9. The fourth-order valence-electron chi connectivity index (χ4n) is 4.05. The number of methoxy groups -OCH3 is 1. The fourth-order valence-corrected chi connectivity index (χ4v) is 4.05. The fraction of sp³-hybridized carbons (Fsp3) is 0.333. The number of hydrogen-bond donors (Lipinski definition) is 0. The minimum absolute atomic E-state index is 0.163. The number of ether oxygens (including phenoxy) is 1. The van der Waals surface area contributed by atoms with Gasteiger partial charge < -0.3 is 9.64 Å². The first-order valence-electron chi connectivity index (χ1n) is 10.5. The molecule has 0 atom stereocenters. The molecule has 3 aromatic rings. The Morgan fingerprint density at radius 2 is 1.94 bits per heavy atom. The van der Waals surface area contributed by atoms with Crippen molar-refractivity contribution in [2.75, 3.05) is 27.2 Å².